The van der Waals surface area contributed by atoms with Gasteiger partial charge in [0, 0.05) is 12.6 Å². The zero-order valence-corrected chi connectivity index (χ0v) is 14.0. The van der Waals surface area contributed by atoms with Gasteiger partial charge in [-0.15, -0.1) is 5.10 Å². The van der Waals surface area contributed by atoms with Crippen LogP contribution in [0.15, 0.2) is 4.60 Å². The molecule has 1 aromatic rings. The molecule has 2 atom stereocenters. The molecule has 110 valence electrons. The molecule has 0 saturated heterocycles. The van der Waals surface area contributed by atoms with Crippen LogP contribution in [0.2, 0.25) is 0 Å². The lowest BCUT2D eigenvalue weighted by Gasteiger charge is -2.45. The molecule has 0 bridgehead atoms. The van der Waals surface area contributed by atoms with E-state index in [4.69, 9.17) is 5.84 Å². The van der Waals surface area contributed by atoms with E-state index in [0.29, 0.717) is 0 Å². The van der Waals surface area contributed by atoms with E-state index in [2.05, 4.69) is 64.3 Å². The number of halogens is 1. The first-order valence-corrected chi connectivity index (χ1v) is 7.51. The molecule has 0 amide bonds. The van der Waals surface area contributed by atoms with Gasteiger partial charge in [-0.25, -0.2) is 10.1 Å². The van der Waals surface area contributed by atoms with Gasteiger partial charge >= 0.3 is 0 Å². The van der Waals surface area contributed by atoms with Gasteiger partial charge in [0.1, 0.15) is 0 Å². The van der Waals surface area contributed by atoms with Gasteiger partial charge in [0.05, 0.1) is 11.7 Å². The molecule has 0 spiro atoms. The third-order valence-electron chi connectivity index (χ3n) is 4.09. The Bertz CT molecular complexity index is 383. The van der Waals surface area contributed by atoms with E-state index in [-0.39, 0.29) is 11.6 Å². The lowest BCUT2D eigenvalue weighted by atomic mass is 9.85. The number of hydrogen-bond donors (Lipinski definition) is 2. The van der Waals surface area contributed by atoms with Crippen LogP contribution in [-0.4, -0.2) is 38.5 Å². The summed E-state index contributed by atoms with van der Waals surface area (Å²) in [6, 6.07) is -0.0493. The molecule has 6 nitrogen and oxygen atoms in total. The molecule has 0 saturated carbocycles. The second kappa shape index (κ2) is 6.78. The number of aryl methyl sites for hydroxylation is 1. The number of rotatable bonds is 7. The number of nitrogens with one attached hydrogen (secondary N) is 1. The molecule has 19 heavy (non-hydrogen) atoms. The highest BCUT2D eigenvalue weighted by atomic mass is 79.9. The third kappa shape index (κ3) is 2.99. The van der Waals surface area contributed by atoms with Crippen LogP contribution in [0.1, 0.15) is 45.9 Å². The monoisotopic (exact) mass is 332 g/mol. The van der Waals surface area contributed by atoms with Crippen LogP contribution in [0.3, 0.4) is 0 Å². The predicted molar refractivity (Wildman–Crippen MR) is 80.4 cm³/mol. The highest BCUT2D eigenvalue weighted by Crippen LogP contribution is 2.35. The molecule has 0 aliphatic heterocycles. The lowest BCUT2D eigenvalue weighted by molar-refractivity contribution is 0.0665. The Morgan fingerprint density at radius 2 is 2.00 bits per heavy atom. The first-order valence-electron chi connectivity index (χ1n) is 6.72. The Hall–Kier alpha value is -0.500. The van der Waals surface area contributed by atoms with Gasteiger partial charge in [-0.2, -0.15) is 0 Å². The van der Waals surface area contributed by atoms with Crippen LogP contribution in [-0.2, 0) is 7.05 Å². The average molecular weight is 333 g/mol. The molecule has 1 heterocycles. The number of nitrogens with zero attached hydrogens (tertiary/aromatic N) is 4. The lowest BCUT2D eigenvalue weighted by Crippen LogP contribution is -2.56. The normalized spacial score (nSPS) is 16.6. The highest BCUT2D eigenvalue weighted by molar-refractivity contribution is 9.10. The van der Waals surface area contributed by atoms with E-state index >= 15 is 0 Å². The van der Waals surface area contributed by atoms with E-state index in [1.54, 1.807) is 4.68 Å². The first-order chi connectivity index (χ1) is 8.96. The Kier molecular flexibility index (Phi) is 5.91. The molecule has 1 rings (SSSR count). The number of likely N-dealkylation sites (N-methyl/N-ethyl adjacent to an activating group) is 1. The Morgan fingerprint density at radius 1 is 1.42 bits per heavy atom. The number of hydrazine groups is 1. The molecular formula is C12H25BrN6. The Labute approximate surface area is 123 Å². The largest absolute Gasteiger partial charge is 0.296 e. The molecule has 0 aliphatic carbocycles. The number of hydrogen-bond acceptors (Lipinski definition) is 5. The van der Waals surface area contributed by atoms with Gasteiger partial charge in [0.15, 0.2) is 4.60 Å². The molecule has 0 radical (unpaired) electrons. The summed E-state index contributed by atoms with van der Waals surface area (Å²) in [5.74, 6) is 5.84. The Morgan fingerprint density at radius 3 is 2.32 bits per heavy atom. The second-order valence-corrected chi connectivity index (χ2v) is 5.62. The van der Waals surface area contributed by atoms with Gasteiger partial charge in [-0.1, -0.05) is 26.0 Å². The van der Waals surface area contributed by atoms with E-state index in [0.717, 1.165) is 29.8 Å². The molecule has 0 fully saturated rings. The van der Waals surface area contributed by atoms with Crippen LogP contribution in [0.5, 0.6) is 0 Å². The van der Waals surface area contributed by atoms with Crippen molar-refractivity contribution in [1.29, 1.82) is 0 Å². The van der Waals surface area contributed by atoms with Crippen molar-refractivity contribution in [3.8, 4) is 0 Å². The topological polar surface area (TPSA) is 72.0 Å². The summed E-state index contributed by atoms with van der Waals surface area (Å²) in [7, 11) is 1.88. The fourth-order valence-corrected chi connectivity index (χ4v) is 3.31. The summed E-state index contributed by atoms with van der Waals surface area (Å²) in [6.07, 6.45) is 0.973. The molecular weight excluding hydrogens is 308 g/mol. The second-order valence-electron chi connectivity index (χ2n) is 4.87. The van der Waals surface area contributed by atoms with Crippen molar-refractivity contribution >= 4 is 15.9 Å². The summed E-state index contributed by atoms with van der Waals surface area (Å²) >= 11 is 3.46. The smallest absolute Gasteiger partial charge is 0.153 e. The SMILES string of the molecule is CCN(CC)C(C)(CC)C(NN)c1c(Br)nnn1C. The van der Waals surface area contributed by atoms with Crippen LogP contribution in [0, 0.1) is 0 Å². The minimum atomic E-state index is -0.101. The van der Waals surface area contributed by atoms with Crippen molar-refractivity contribution in [2.75, 3.05) is 13.1 Å². The van der Waals surface area contributed by atoms with Crippen molar-refractivity contribution < 1.29 is 0 Å². The van der Waals surface area contributed by atoms with E-state index in [1.807, 2.05) is 7.05 Å². The average Bonchev–Trinajstić information content (AvgIpc) is 2.73. The summed E-state index contributed by atoms with van der Waals surface area (Å²) in [4.78, 5) is 2.41. The standard InChI is InChI=1S/C12H25BrN6/c1-6-12(4,19(7-2)8-3)10(15-14)9-11(13)16-17-18(9)5/h10,15H,6-8,14H2,1-5H3. The maximum Gasteiger partial charge on any atom is 0.153 e. The molecule has 2 unspecified atom stereocenters. The van der Waals surface area contributed by atoms with Crippen LogP contribution >= 0.6 is 15.9 Å². The summed E-state index contributed by atoms with van der Waals surface area (Å²) in [5, 5.41) is 8.11. The molecule has 3 N–H and O–H groups in total. The maximum absolute atomic E-state index is 5.84. The summed E-state index contributed by atoms with van der Waals surface area (Å²) < 4.78 is 2.51. The van der Waals surface area contributed by atoms with E-state index in [1.165, 1.54) is 0 Å². The molecule has 1 aromatic heterocycles. The van der Waals surface area contributed by atoms with Crippen LogP contribution in [0.25, 0.3) is 0 Å². The summed E-state index contributed by atoms with van der Waals surface area (Å²) in [6.45, 7) is 10.7. The quantitative estimate of drug-likeness (QED) is 0.586. The molecule has 0 aromatic carbocycles. The van der Waals surface area contributed by atoms with Gasteiger partial charge < -0.3 is 0 Å². The van der Waals surface area contributed by atoms with Crippen molar-refractivity contribution in [2.45, 2.75) is 45.7 Å². The van der Waals surface area contributed by atoms with Crippen LogP contribution in [0.4, 0.5) is 0 Å². The van der Waals surface area contributed by atoms with Gasteiger partial charge in [-0.3, -0.25) is 10.7 Å². The Balaban J connectivity index is 3.26. The fourth-order valence-electron chi connectivity index (χ4n) is 2.75. The van der Waals surface area contributed by atoms with Gasteiger partial charge in [0.25, 0.3) is 0 Å². The zero-order valence-electron chi connectivity index (χ0n) is 12.4. The van der Waals surface area contributed by atoms with Crippen LogP contribution < -0.4 is 11.3 Å². The molecule has 0 aliphatic rings. The highest BCUT2D eigenvalue weighted by Gasteiger charge is 2.40. The van der Waals surface area contributed by atoms with Crippen molar-refractivity contribution in [2.24, 2.45) is 12.9 Å². The van der Waals surface area contributed by atoms with Gasteiger partial charge in [0.2, 0.25) is 0 Å². The zero-order chi connectivity index (χ0) is 14.6. The predicted octanol–water partition coefficient (Wildman–Crippen LogP) is 1.59. The third-order valence-corrected chi connectivity index (χ3v) is 4.66. The first kappa shape index (κ1) is 16.6. The minimum absolute atomic E-state index is 0.0493. The maximum atomic E-state index is 5.84. The summed E-state index contributed by atoms with van der Waals surface area (Å²) in [5.41, 5.74) is 3.82. The van der Waals surface area contributed by atoms with Crippen molar-refractivity contribution in [3.63, 3.8) is 0 Å². The number of aromatic nitrogens is 3. The van der Waals surface area contributed by atoms with Crippen molar-refractivity contribution in [3.05, 3.63) is 10.3 Å². The van der Waals surface area contributed by atoms with Crippen molar-refractivity contribution in [1.82, 2.24) is 25.3 Å². The molecule has 7 heteroatoms. The number of nitrogens with two attached hydrogens (primary N) is 1. The fraction of sp³-hybridized carbons (Fsp3) is 0.833. The van der Waals surface area contributed by atoms with E-state index < -0.39 is 0 Å². The van der Waals surface area contributed by atoms with Gasteiger partial charge in [-0.05, 0) is 42.4 Å². The van der Waals surface area contributed by atoms with E-state index in [9.17, 15) is 0 Å². The minimum Gasteiger partial charge on any atom is -0.296 e.